The van der Waals surface area contributed by atoms with Crippen molar-refractivity contribution in [1.82, 2.24) is 5.32 Å². The summed E-state index contributed by atoms with van der Waals surface area (Å²) in [5.41, 5.74) is 0.890. The number of thiophene rings is 1. The highest BCUT2D eigenvalue weighted by Crippen LogP contribution is 2.26. The highest BCUT2D eigenvalue weighted by atomic mass is 32.1. The zero-order valence-corrected chi connectivity index (χ0v) is 11.0. The molecule has 0 saturated heterocycles. The van der Waals surface area contributed by atoms with E-state index in [0.717, 1.165) is 15.3 Å². The lowest BCUT2D eigenvalue weighted by Crippen LogP contribution is -2.31. The van der Waals surface area contributed by atoms with E-state index in [0.29, 0.717) is 0 Å². The maximum absolute atomic E-state index is 11.8. The van der Waals surface area contributed by atoms with Crippen LogP contribution in [0.15, 0.2) is 6.07 Å². The van der Waals surface area contributed by atoms with E-state index in [4.69, 9.17) is 0 Å². The predicted molar refractivity (Wildman–Crippen MR) is 62.7 cm³/mol. The number of alkyl halides is 3. The van der Waals surface area contributed by atoms with Gasteiger partial charge in [-0.1, -0.05) is 0 Å². The molecule has 0 fully saturated rings. The van der Waals surface area contributed by atoms with Crippen LogP contribution in [0.1, 0.15) is 28.3 Å². The van der Waals surface area contributed by atoms with Crippen LogP contribution in [0.25, 0.3) is 0 Å². The van der Waals surface area contributed by atoms with Crippen molar-refractivity contribution in [2.75, 3.05) is 6.61 Å². The van der Waals surface area contributed by atoms with Gasteiger partial charge in [0, 0.05) is 9.75 Å². The van der Waals surface area contributed by atoms with Crippen molar-refractivity contribution in [3.05, 3.63) is 21.4 Å². The van der Waals surface area contributed by atoms with Gasteiger partial charge in [-0.3, -0.25) is 0 Å². The molecule has 1 aromatic rings. The van der Waals surface area contributed by atoms with Gasteiger partial charge in [0.1, 0.15) is 0 Å². The van der Waals surface area contributed by atoms with Gasteiger partial charge in [-0.2, -0.15) is 13.2 Å². The molecule has 1 heterocycles. The zero-order chi connectivity index (χ0) is 13.9. The minimum Gasteiger partial charge on any atom is -0.440 e. The average molecular weight is 281 g/mol. The van der Waals surface area contributed by atoms with Crippen LogP contribution >= 0.6 is 11.3 Å². The highest BCUT2D eigenvalue weighted by molar-refractivity contribution is 7.12. The van der Waals surface area contributed by atoms with Gasteiger partial charge in [-0.15, -0.1) is 11.3 Å². The number of nitrogens with one attached hydrogen (secondary N) is 1. The van der Waals surface area contributed by atoms with Crippen molar-refractivity contribution in [3.63, 3.8) is 0 Å². The number of carbonyl (C=O) groups is 1. The third-order valence-electron chi connectivity index (χ3n) is 2.25. The topological polar surface area (TPSA) is 38.3 Å². The van der Waals surface area contributed by atoms with Crippen molar-refractivity contribution in [3.8, 4) is 0 Å². The van der Waals surface area contributed by atoms with Crippen LogP contribution in [-0.4, -0.2) is 18.9 Å². The summed E-state index contributed by atoms with van der Waals surface area (Å²) in [5, 5.41) is 2.37. The molecule has 0 saturated carbocycles. The number of rotatable bonds is 3. The molecular formula is C11H14F3NO2S. The zero-order valence-electron chi connectivity index (χ0n) is 10.2. The van der Waals surface area contributed by atoms with Crippen LogP contribution in [0.4, 0.5) is 18.0 Å². The van der Waals surface area contributed by atoms with Crippen molar-refractivity contribution in [2.45, 2.75) is 33.0 Å². The van der Waals surface area contributed by atoms with Crippen LogP contribution in [0.5, 0.6) is 0 Å². The molecule has 1 atom stereocenters. The van der Waals surface area contributed by atoms with E-state index in [9.17, 15) is 18.0 Å². The quantitative estimate of drug-likeness (QED) is 0.917. The maximum Gasteiger partial charge on any atom is 0.422 e. The number of alkyl carbamates (subject to hydrolysis) is 1. The summed E-state index contributed by atoms with van der Waals surface area (Å²) in [6, 6.07) is 1.52. The summed E-state index contributed by atoms with van der Waals surface area (Å²) in [6.07, 6.45) is -5.57. The molecule has 0 bridgehead atoms. The van der Waals surface area contributed by atoms with E-state index in [-0.39, 0.29) is 6.04 Å². The molecule has 1 unspecified atom stereocenters. The van der Waals surface area contributed by atoms with E-state index in [1.54, 1.807) is 18.3 Å². The summed E-state index contributed by atoms with van der Waals surface area (Å²) in [4.78, 5) is 13.3. The second-order valence-electron chi connectivity index (χ2n) is 3.93. The first-order valence-corrected chi connectivity index (χ1v) is 6.07. The Morgan fingerprint density at radius 3 is 2.56 bits per heavy atom. The Morgan fingerprint density at radius 1 is 1.50 bits per heavy atom. The molecule has 1 rings (SSSR count). The number of carbonyl (C=O) groups excluding carboxylic acids is 1. The van der Waals surface area contributed by atoms with E-state index >= 15 is 0 Å². The van der Waals surface area contributed by atoms with Gasteiger partial charge >= 0.3 is 12.3 Å². The molecule has 0 aliphatic rings. The first-order valence-electron chi connectivity index (χ1n) is 5.26. The number of hydrogen-bond donors (Lipinski definition) is 1. The molecule has 7 heteroatoms. The Hall–Kier alpha value is -1.24. The molecule has 0 radical (unpaired) electrons. The smallest absolute Gasteiger partial charge is 0.422 e. The molecule has 0 spiro atoms. The van der Waals surface area contributed by atoms with Crippen molar-refractivity contribution in [2.24, 2.45) is 0 Å². The normalized spacial score (nSPS) is 13.2. The number of ether oxygens (including phenoxy) is 1. The summed E-state index contributed by atoms with van der Waals surface area (Å²) in [6.45, 7) is 3.94. The van der Waals surface area contributed by atoms with Crippen LogP contribution in [0, 0.1) is 13.8 Å². The standard InChI is InChI=1S/C11H14F3NO2S/c1-6-4-9(8(3)18-6)7(2)15-10(16)17-5-11(12,13)14/h4,7H,5H2,1-3H3,(H,15,16). The van der Waals surface area contributed by atoms with Gasteiger partial charge in [-0.25, -0.2) is 4.79 Å². The van der Waals surface area contributed by atoms with Crippen LogP contribution in [0.3, 0.4) is 0 Å². The molecule has 1 N–H and O–H groups in total. The highest BCUT2D eigenvalue weighted by Gasteiger charge is 2.29. The molecule has 102 valence electrons. The molecule has 3 nitrogen and oxygen atoms in total. The lowest BCUT2D eigenvalue weighted by molar-refractivity contribution is -0.160. The van der Waals surface area contributed by atoms with E-state index in [2.05, 4.69) is 10.1 Å². The maximum atomic E-state index is 11.8. The van der Waals surface area contributed by atoms with Crippen LogP contribution in [-0.2, 0) is 4.74 Å². The Morgan fingerprint density at radius 2 is 2.11 bits per heavy atom. The second kappa shape index (κ2) is 5.60. The van der Waals surface area contributed by atoms with E-state index in [1.807, 2.05) is 19.9 Å². The number of hydrogen-bond acceptors (Lipinski definition) is 3. The summed E-state index contributed by atoms with van der Waals surface area (Å²) in [5.74, 6) is 0. The summed E-state index contributed by atoms with van der Waals surface area (Å²) in [7, 11) is 0. The van der Waals surface area contributed by atoms with E-state index < -0.39 is 18.9 Å². The predicted octanol–water partition coefficient (Wildman–Crippen LogP) is 3.71. The number of aryl methyl sites for hydroxylation is 2. The monoisotopic (exact) mass is 281 g/mol. The summed E-state index contributed by atoms with van der Waals surface area (Å²) < 4.78 is 39.6. The van der Waals surface area contributed by atoms with Crippen molar-refractivity contribution in [1.29, 1.82) is 0 Å². The Bertz CT molecular complexity index is 428. The van der Waals surface area contributed by atoms with Gasteiger partial charge in [0.05, 0.1) is 6.04 Å². The third-order valence-corrected chi connectivity index (χ3v) is 3.23. The van der Waals surface area contributed by atoms with Gasteiger partial charge in [0.25, 0.3) is 0 Å². The SMILES string of the molecule is Cc1cc(C(C)NC(=O)OCC(F)(F)F)c(C)s1. The minimum absolute atomic E-state index is 0.379. The summed E-state index contributed by atoms with van der Waals surface area (Å²) >= 11 is 1.57. The molecule has 0 aliphatic carbocycles. The fourth-order valence-electron chi connectivity index (χ4n) is 1.52. The third kappa shape index (κ3) is 4.56. The largest absolute Gasteiger partial charge is 0.440 e. The lowest BCUT2D eigenvalue weighted by Gasteiger charge is -2.14. The van der Waals surface area contributed by atoms with Gasteiger partial charge in [0.15, 0.2) is 6.61 Å². The van der Waals surface area contributed by atoms with Gasteiger partial charge < -0.3 is 10.1 Å². The van der Waals surface area contributed by atoms with Gasteiger partial charge in [-0.05, 0) is 32.4 Å². The van der Waals surface area contributed by atoms with Crippen molar-refractivity contribution < 1.29 is 22.7 Å². The first kappa shape index (κ1) is 14.8. The number of amides is 1. The fraction of sp³-hybridized carbons (Fsp3) is 0.545. The van der Waals surface area contributed by atoms with E-state index in [1.165, 1.54) is 0 Å². The molecule has 0 aromatic carbocycles. The Balaban J connectivity index is 2.52. The lowest BCUT2D eigenvalue weighted by atomic mass is 10.1. The molecule has 1 aromatic heterocycles. The number of halogens is 3. The molecule has 1 amide bonds. The molecule has 18 heavy (non-hydrogen) atoms. The van der Waals surface area contributed by atoms with Crippen LogP contribution < -0.4 is 5.32 Å². The van der Waals surface area contributed by atoms with Gasteiger partial charge in [0.2, 0.25) is 0 Å². The minimum atomic E-state index is -4.50. The first-order chi connectivity index (χ1) is 8.19. The second-order valence-corrected chi connectivity index (χ2v) is 5.39. The molecule has 0 aliphatic heterocycles. The Labute approximate surface area is 107 Å². The Kier molecular flexibility index (Phi) is 4.61. The fourth-order valence-corrected chi connectivity index (χ4v) is 2.55. The van der Waals surface area contributed by atoms with Crippen molar-refractivity contribution >= 4 is 17.4 Å². The van der Waals surface area contributed by atoms with Crippen LogP contribution in [0.2, 0.25) is 0 Å². The average Bonchev–Trinajstić information content (AvgIpc) is 2.54. The molecular weight excluding hydrogens is 267 g/mol.